The quantitative estimate of drug-likeness (QED) is 0.809. The van der Waals surface area contributed by atoms with Crippen LogP contribution in [0.25, 0.3) is 0 Å². The summed E-state index contributed by atoms with van der Waals surface area (Å²) in [5.41, 5.74) is 2.04. The van der Waals surface area contributed by atoms with E-state index in [9.17, 15) is 9.59 Å². The van der Waals surface area contributed by atoms with E-state index in [0.29, 0.717) is 29.6 Å². The molecule has 0 bridgehead atoms. The fourth-order valence-electron chi connectivity index (χ4n) is 3.95. The summed E-state index contributed by atoms with van der Waals surface area (Å²) in [4.78, 5) is 35.6. The van der Waals surface area contributed by atoms with E-state index < -0.39 is 6.04 Å². The first-order valence-corrected chi connectivity index (χ1v) is 9.58. The van der Waals surface area contributed by atoms with Gasteiger partial charge in [0.2, 0.25) is 11.8 Å². The molecule has 1 fully saturated rings. The number of carbonyl (C=O) groups excluding carboxylic acids is 2. The van der Waals surface area contributed by atoms with Crippen molar-refractivity contribution in [1.29, 1.82) is 0 Å². The van der Waals surface area contributed by atoms with E-state index >= 15 is 0 Å². The standard InChI is InChI=1S/C19H24N6O3/c1-12(25-11-20-10-22-25)17(26)21-8-13-7-15-16(23-18(13)28-2)9-24(19(15)27)14-5-3-4-6-14/h7,10-12,14H,3-6,8-9H2,1-2H3,(H,21,26). The predicted octanol–water partition coefficient (Wildman–Crippen LogP) is 1.46. The summed E-state index contributed by atoms with van der Waals surface area (Å²) in [7, 11) is 1.55. The molecule has 2 aliphatic rings. The van der Waals surface area contributed by atoms with E-state index in [2.05, 4.69) is 20.4 Å². The maximum atomic E-state index is 12.9. The molecule has 28 heavy (non-hydrogen) atoms. The molecule has 1 N–H and O–H groups in total. The highest BCUT2D eigenvalue weighted by molar-refractivity contribution is 5.98. The van der Waals surface area contributed by atoms with Gasteiger partial charge in [-0.1, -0.05) is 12.8 Å². The first kappa shape index (κ1) is 18.4. The molecule has 2 amide bonds. The molecule has 2 aromatic heterocycles. The Labute approximate surface area is 163 Å². The molecule has 1 saturated carbocycles. The van der Waals surface area contributed by atoms with Crippen molar-refractivity contribution < 1.29 is 14.3 Å². The van der Waals surface area contributed by atoms with Crippen LogP contribution in [-0.4, -0.2) is 49.6 Å². The molecule has 0 aromatic carbocycles. The van der Waals surface area contributed by atoms with Crippen LogP contribution >= 0.6 is 0 Å². The van der Waals surface area contributed by atoms with E-state index in [0.717, 1.165) is 18.5 Å². The number of amides is 2. The Morgan fingerprint density at radius 1 is 1.39 bits per heavy atom. The van der Waals surface area contributed by atoms with Crippen molar-refractivity contribution in [3.05, 3.63) is 35.5 Å². The second-order valence-electron chi connectivity index (χ2n) is 7.29. The number of fused-ring (bicyclic) bond motifs is 1. The van der Waals surface area contributed by atoms with Crippen molar-refractivity contribution >= 4 is 11.8 Å². The monoisotopic (exact) mass is 384 g/mol. The van der Waals surface area contributed by atoms with Crippen molar-refractivity contribution in [2.45, 2.75) is 57.8 Å². The van der Waals surface area contributed by atoms with Crippen molar-refractivity contribution in [3.63, 3.8) is 0 Å². The lowest BCUT2D eigenvalue weighted by atomic mass is 10.1. The van der Waals surface area contributed by atoms with E-state index in [1.807, 2.05) is 4.90 Å². The number of pyridine rings is 1. The average molecular weight is 384 g/mol. The summed E-state index contributed by atoms with van der Waals surface area (Å²) < 4.78 is 6.89. The zero-order valence-electron chi connectivity index (χ0n) is 16.1. The maximum absolute atomic E-state index is 12.9. The third-order valence-corrected chi connectivity index (χ3v) is 5.58. The normalized spacial score (nSPS) is 17.6. The van der Waals surface area contributed by atoms with Crippen molar-refractivity contribution in [1.82, 2.24) is 30.0 Å². The van der Waals surface area contributed by atoms with Crippen molar-refractivity contribution in [3.8, 4) is 5.88 Å². The van der Waals surface area contributed by atoms with Crippen LogP contribution in [0.5, 0.6) is 5.88 Å². The SMILES string of the molecule is COc1nc2c(cc1CNC(=O)C(C)n1cncn1)C(=O)N(C1CCCC1)C2. The molecule has 9 nitrogen and oxygen atoms in total. The first-order valence-electron chi connectivity index (χ1n) is 9.58. The molecule has 148 valence electrons. The second-order valence-corrected chi connectivity index (χ2v) is 7.29. The Morgan fingerprint density at radius 3 is 2.86 bits per heavy atom. The van der Waals surface area contributed by atoms with E-state index in [4.69, 9.17) is 4.74 Å². The Hall–Kier alpha value is -2.97. The molecule has 1 aliphatic heterocycles. The molecule has 0 radical (unpaired) electrons. The summed E-state index contributed by atoms with van der Waals surface area (Å²) in [6, 6.07) is 1.62. The van der Waals surface area contributed by atoms with Gasteiger partial charge < -0.3 is 15.0 Å². The Bertz CT molecular complexity index is 876. The fourth-order valence-corrected chi connectivity index (χ4v) is 3.95. The first-order chi connectivity index (χ1) is 13.6. The van der Waals surface area contributed by atoms with Gasteiger partial charge in [0.25, 0.3) is 5.91 Å². The highest BCUT2D eigenvalue weighted by Gasteiger charge is 2.36. The van der Waals surface area contributed by atoms with Crippen LogP contribution in [0.3, 0.4) is 0 Å². The van der Waals surface area contributed by atoms with Crippen LogP contribution in [0.2, 0.25) is 0 Å². The average Bonchev–Trinajstić information content (AvgIpc) is 3.46. The minimum absolute atomic E-state index is 0.0283. The van der Waals surface area contributed by atoms with Gasteiger partial charge >= 0.3 is 0 Å². The zero-order valence-corrected chi connectivity index (χ0v) is 16.1. The molecule has 0 spiro atoms. The minimum atomic E-state index is -0.490. The molecule has 9 heteroatoms. The highest BCUT2D eigenvalue weighted by Crippen LogP contribution is 2.33. The van der Waals surface area contributed by atoms with Gasteiger partial charge in [0.15, 0.2) is 0 Å². The smallest absolute Gasteiger partial charge is 0.256 e. The number of nitrogens with one attached hydrogen (secondary N) is 1. The Morgan fingerprint density at radius 2 is 2.18 bits per heavy atom. The maximum Gasteiger partial charge on any atom is 0.256 e. The van der Waals surface area contributed by atoms with Gasteiger partial charge in [-0.15, -0.1) is 0 Å². The summed E-state index contributed by atoms with van der Waals surface area (Å²) in [5.74, 6) is 0.265. The molecule has 4 rings (SSSR count). The lowest BCUT2D eigenvalue weighted by Crippen LogP contribution is -2.33. The van der Waals surface area contributed by atoms with Crippen LogP contribution in [0.1, 0.15) is 60.3 Å². The molecular formula is C19H24N6O3. The fraction of sp³-hybridized carbons (Fsp3) is 0.526. The van der Waals surface area contributed by atoms with Gasteiger partial charge in [-0.2, -0.15) is 5.10 Å². The third kappa shape index (κ3) is 3.32. The number of rotatable bonds is 6. The molecule has 2 aromatic rings. The second kappa shape index (κ2) is 7.57. The van der Waals surface area contributed by atoms with Gasteiger partial charge in [-0.05, 0) is 25.8 Å². The molecule has 0 saturated heterocycles. The summed E-state index contributed by atoms with van der Waals surface area (Å²) >= 11 is 0. The van der Waals surface area contributed by atoms with Gasteiger partial charge in [-0.25, -0.2) is 14.6 Å². The summed E-state index contributed by atoms with van der Waals surface area (Å²) in [6.45, 7) is 2.49. The number of aromatic nitrogens is 4. The third-order valence-electron chi connectivity index (χ3n) is 5.58. The van der Waals surface area contributed by atoms with Crippen molar-refractivity contribution in [2.24, 2.45) is 0 Å². The molecule has 3 heterocycles. The van der Waals surface area contributed by atoms with Gasteiger partial charge in [0.05, 0.1) is 24.9 Å². The minimum Gasteiger partial charge on any atom is -0.481 e. The number of methoxy groups -OCH3 is 1. The molecule has 1 aliphatic carbocycles. The summed E-state index contributed by atoms with van der Waals surface area (Å²) in [6.07, 6.45) is 7.34. The molecular weight excluding hydrogens is 360 g/mol. The zero-order chi connectivity index (χ0) is 19.7. The van der Waals surface area contributed by atoms with E-state index in [1.165, 1.54) is 30.2 Å². The summed E-state index contributed by atoms with van der Waals surface area (Å²) in [5, 5.41) is 6.85. The lowest BCUT2D eigenvalue weighted by Gasteiger charge is -2.22. The lowest BCUT2D eigenvalue weighted by molar-refractivity contribution is -0.124. The number of nitrogens with zero attached hydrogens (tertiary/aromatic N) is 5. The Kier molecular flexibility index (Phi) is 4.97. The Balaban J connectivity index is 1.49. The van der Waals surface area contributed by atoms with Crippen molar-refractivity contribution in [2.75, 3.05) is 7.11 Å². The van der Waals surface area contributed by atoms with Crippen LogP contribution < -0.4 is 10.1 Å². The topological polar surface area (TPSA) is 102 Å². The van der Waals surface area contributed by atoms with Crippen LogP contribution in [0.15, 0.2) is 18.7 Å². The molecule has 1 atom stereocenters. The van der Waals surface area contributed by atoms with Crippen LogP contribution in [-0.2, 0) is 17.9 Å². The number of hydrogen-bond acceptors (Lipinski definition) is 6. The van der Waals surface area contributed by atoms with Gasteiger partial charge in [-0.3, -0.25) is 9.59 Å². The van der Waals surface area contributed by atoms with E-state index in [1.54, 1.807) is 20.1 Å². The van der Waals surface area contributed by atoms with Gasteiger partial charge in [0.1, 0.15) is 18.7 Å². The van der Waals surface area contributed by atoms with Crippen LogP contribution in [0.4, 0.5) is 0 Å². The predicted molar refractivity (Wildman–Crippen MR) is 99.5 cm³/mol. The van der Waals surface area contributed by atoms with E-state index in [-0.39, 0.29) is 18.4 Å². The highest BCUT2D eigenvalue weighted by atomic mass is 16.5. The number of carbonyl (C=O) groups is 2. The molecule has 1 unspecified atom stereocenters. The number of ether oxygens (including phenoxy) is 1. The number of hydrogen-bond donors (Lipinski definition) is 1. The van der Waals surface area contributed by atoms with Gasteiger partial charge in [0, 0.05) is 18.2 Å². The largest absolute Gasteiger partial charge is 0.481 e. The van der Waals surface area contributed by atoms with Crippen LogP contribution in [0, 0.1) is 0 Å².